The average molecular weight is 718 g/mol. The summed E-state index contributed by atoms with van der Waals surface area (Å²) in [7, 11) is 0. The topological polar surface area (TPSA) is 65.0 Å². The third kappa shape index (κ3) is 5.45. The van der Waals surface area contributed by atoms with Gasteiger partial charge in [-0.05, 0) is 70.3 Å². The molecule has 0 aliphatic rings. The van der Waals surface area contributed by atoms with Gasteiger partial charge in [-0.3, -0.25) is 0 Å². The van der Waals surface area contributed by atoms with E-state index in [1.165, 1.54) is 0 Å². The maximum absolute atomic E-state index is 6.82. The normalized spacial score (nSPS) is 11.6. The van der Waals surface area contributed by atoms with E-state index in [1.807, 2.05) is 66.7 Å². The van der Waals surface area contributed by atoms with Gasteiger partial charge in [0.1, 0.15) is 22.3 Å². The number of hydrogen-bond acceptors (Lipinski definition) is 5. The number of aromatic nitrogens is 3. The summed E-state index contributed by atoms with van der Waals surface area (Å²) in [5.41, 5.74) is 12.3. The minimum Gasteiger partial charge on any atom is -0.455 e. The molecule has 3 aromatic heterocycles. The van der Waals surface area contributed by atoms with Crippen LogP contribution in [0.25, 0.3) is 111 Å². The lowest BCUT2D eigenvalue weighted by molar-refractivity contribution is 0.668. The number of hydrogen-bond donors (Lipinski definition) is 0. The standard InChI is InChI=1S/C51H31N3O2/c1-4-14-32(15-5-1)35-20-12-21-37(28-35)50-52-49(34-18-8-3-9-19-34)53-51(54-50)42-24-13-23-41-40-27-26-36(31-46(40)56-47(41)42)43-29-38(33-16-6-2-7-17-33)30-44-39-22-10-11-25-45(39)55-48(43)44/h1-31H. The number of furan rings is 2. The SMILES string of the molecule is c1ccc(-c2cccc(-c3nc(-c4ccccc4)nc(-c4cccc5c4oc4cc(-c6cc(-c7ccccc7)cc7c6oc6ccccc67)ccc45)n3)c2)cc1. The fourth-order valence-corrected chi connectivity index (χ4v) is 7.79. The fraction of sp³-hybridized carbons (Fsp3) is 0. The van der Waals surface area contributed by atoms with E-state index in [0.29, 0.717) is 17.5 Å². The highest BCUT2D eigenvalue weighted by Crippen LogP contribution is 2.42. The highest BCUT2D eigenvalue weighted by molar-refractivity contribution is 6.13. The summed E-state index contributed by atoms with van der Waals surface area (Å²) in [6, 6.07) is 64.5. The van der Waals surface area contributed by atoms with Gasteiger partial charge < -0.3 is 8.83 Å². The molecule has 0 bridgehead atoms. The number of benzene rings is 8. The van der Waals surface area contributed by atoms with E-state index < -0.39 is 0 Å². The van der Waals surface area contributed by atoms with Crippen LogP contribution in [-0.4, -0.2) is 15.0 Å². The molecule has 0 spiro atoms. The van der Waals surface area contributed by atoms with Crippen molar-refractivity contribution in [2.45, 2.75) is 0 Å². The molecule has 0 aliphatic heterocycles. The van der Waals surface area contributed by atoms with Crippen molar-refractivity contribution in [3.8, 4) is 67.5 Å². The summed E-state index contributed by atoms with van der Waals surface area (Å²) in [6.45, 7) is 0. The van der Waals surface area contributed by atoms with E-state index in [-0.39, 0.29) is 0 Å². The molecule has 56 heavy (non-hydrogen) atoms. The van der Waals surface area contributed by atoms with Crippen molar-refractivity contribution in [2.24, 2.45) is 0 Å². The van der Waals surface area contributed by atoms with Crippen LogP contribution in [0.15, 0.2) is 197 Å². The molecule has 0 unspecified atom stereocenters. The van der Waals surface area contributed by atoms with Crippen LogP contribution in [0, 0.1) is 0 Å². The molecule has 262 valence electrons. The summed E-state index contributed by atoms with van der Waals surface area (Å²) in [5.74, 6) is 1.73. The van der Waals surface area contributed by atoms with Crippen LogP contribution < -0.4 is 0 Å². The first-order chi connectivity index (χ1) is 27.7. The van der Waals surface area contributed by atoms with Crippen LogP contribution in [0.4, 0.5) is 0 Å². The summed E-state index contributed by atoms with van der Waals surface area (Å²) < 4.78 is 13.4. The van der Waals surface area contributed by atoms with Gasteiger partial charge in [0.2, 0.25) is 0 Å². The molecule has 8 aromatic carbocycles. The maximum Gasteiger partial charge on any atom is 0.167 e. The molecule has 0 N–H and O–H groups in total. The Morgan fingerprint density at radius 1 is 0.268 bits per heavy atom. The van der Waals surface area contributed by atoms with E-state index in [4.69, 9.17) is 23.8 Å². The van der Waals surface area contributed by atoms with E-state index in [2.05, 4.69) is 121 Å². The molecule has 0 aliphatic carbocycles. The first kappa shape index (κ1) is 31.9. The van der Waals surface area contributed by atoms with Crippen LogP contribution in [-0.2, 0) is 0 Å². The van der Waals surface area contributed by atoms with Gasteiger partial charge >= 0.3 is 0 Å². The highest BCUT2D eigenvalue weighted by Gasteiger charge is 2.20. The van der Waals surface area contributed by atoms with Crippen LogP contribution in [0.2, 0.25) is 0 Å². The minimum absolute atomic E-state index is 0.545. The molecule has 0 saturated heterocycles. The molecular formula is C51H31N3O2. The Morgan fingerprint density at radius 3 is 1.61 bits per heavy atom. The molecule has 0 saturated carbocycles. The van der Waals surface area contributed by atoms with E-state index >= 15 is 0 Å². The van der Waals surface area contributed by atoms with Crippen molar-refractivity contribution >= 4 is 43.9 Å². The monoisotopic (exact) mass is 717 g/mol. The number of rotatable bonds is 6. The van der Waals surface area contributed by atoms with E-state index in [1.54, 1.807) is 0 Å². The van der Waals surface area contributed by atoms with Gasteiger partial charge in [0.25, 0.3) is 0 Å². The molecule has 11 rings (SSSR count). The first-order valence-electron chi connectivity index (χ1n) is 18.7. The second kappa shape index (κ2) is 13.0. The van der Waals surface area contributed by atoms with Crippen molar-refractivity contribution in [3.05, 3.63) is 188 Å². The van der Waals surface area contributed by atoms with Gasteiger partial charge in [-0.25, -0.2) is 15.0 Å². The Morgan fingerprint density at radius 2 is 0.821 bits per heavy atom. The zero-order valence-corrected chi connectivity index (χ0v) is 30.1. The molecule has 0 fully saturated rings. The summed E-state index contributed by atoms with van der Waals surface area (Å²) in [4.78, 5) is 15.2. The largest absolute Gasteiger partial charge is 0.455 e. The van der Waals surface area contributed by atoms with Crippen LogP contribution >= 0.6 is 0 Å². The second-order valence-electron chi connectivity index (χ2n) is 14.0. The van der Waals surface area contributed by atoms with Gasteiger partial charge in [-0.1, -0.05) is 146 Å². The smallest absolute Gasteiger partial charge is 0.167 e. The van der Waals surface area contributed by atoms with Crippen LogP contribution in [0.1, 0.15) is 0 Å². The number of fused-ring (bicyclic) bond motifs is 6. The predicted molar refractivity (Wildman–Crippen MR) is 227 cm³/mol. The molecule has 0 atom stereocenters. The second-order valence-corrected chi connectivity index (χ2v) is 14.0. The molecule has 3 heterocycles. The summed E-state index contributed by atoms with van der Waals surface area (Å²) >= 11 is 0. The highest BCUT2D eigenvalue weighted by atomic mass is 16.3. The molecule has 0 amide bonds. The van der Waals surface area contributed by atoms with Gasteiger partial charge in [-0.2, -0.15) is 0 Å². The Kier molecular flexibility index (Phi) is 7.42. The van der Waals surface area contributed by atoms with Crippen molar-refractivity contribution in [2.75, 3.05) is 0 Å². The molecular weight excluding hydrogens is 687 g/mol. The zero-order valence-electron chi connectivity index (χ0n) is 30.1. The fourth-order valence-electron chi connectivity index (χ4n) is 7.79. The first-order valence-corrected chi connectivity index (χ1v) is 18.7. The van der Waals surface area contributed by atoms with Gasteiger partial charge in [0.05, 0.1) is 5.56 Å². The van der Waals surface area contributed by atoms with Gasteiger partial charge in [0.15, 0.2) is 17.5 Å². The Balaban J connectivity index is 1.08. The molecule has 0 radical (unpaired) electrons. The average Bonchev–Trinajstić information content (AvgIpc) is 3.85. The number of para-hydroxylation sites is 2. The van der Waals surface area contributed by atoms with E-state index in [0.717, 1.165) is 93.9 Å². The Labute approximate surface area is 322 Å². The molecule has 11 aromatic rings. The van der Waals surface area contributed by atoms with Crippen molar-refractivity contribution in [3.63, 3.8) is 0 Å². The quantitative estimate of drug-likeness (QED) is 0.171. The predicted octanol–water partition coefficient (Wildman–Crippen LogP) is 13.7. The molecule has 5 nitrogen and oxygen atoms in total. The van der Waals surface area contributed by atoms with Gasteiger partial charge in [0, 0.05) is 38.2 Å². The lowest BCUT2D eigenvalue weighted by atomic mass is 9.95. The minimum atomic E-state index is 0.545. The van der Waals surface area contributed by atoms with E-state index in [9.17, 15) is 0 Å². The van der Waals surface area contributed by atoms with Crippen molar-refractivity contribution < 1.29 is 8.83 Å². The number of nitrogens with zero attached hydrogens (tertiary/aromatic N) is 3. The van der Waals surface area contributed by atoms with Crippen LogP contribution in [0.3, 0.4) is 0 Å². The third-order valence-corrected chi connectivity index (χ3v) is 10.5. The lowest BCUT2D eigenvalue weighted by Crippen LogP contribution is -2.00. The van der Waals surface area contributed by atoms with Crippen LogP contribution in [0.5, 0.6) is 0 Å². The Hall–Kier alpha value is -7.63. The zero-order chi connectivity index (χ0) is 37.0. The Bertz CT molecular complexity index is 3240. The summed E-state index contributed by atoms with van der Waals surface area (Å²) in [6.07, 6.45) is 0. The lowest BCUT2D eigenvalue weighted by Gasteiger charge is -2.10. The van der Waals surface area contributed by atoms with Crippen molar-refractivity contribution in [1.29, 1.82) is 0 Å². The third-order valence-electron chi connectivity index (χ3n) is 10.5. The van der Waals surface area contributed by atoms with Gasteiger partial charge in [-0.15, -0.1) is 0 Å². The summed E-state index contributed by atoms with van der Waals surface area (Å²) in [5, 5.41) is 4.18. The maximum atomic E-state index is 6.82. The molecule has 5 heteroatoms. The van der Waals surface area contributed by atoms with Crippen molar-refractivity contribution in [1.82, 2.24) is 15.0 Å².